The maximum absolute atomic E-state index is 15.5. The fourth-order valence-corrected chi connectivity index (χ4v) is 4.86. The molecule has 10 heteroatoms. The summed E-state index contributed by atoms with van der Waals surface area (Å²) in [5.41, 5.74) is 4.10. The Hall–Kier alpha value is -3.82. The Morgan fingerprint density at radius 1 is 1.13 bits per heavy atom. The highest BCUT2D eigenvalue weighted by Gasteiger charge is 2.21. The number of benzene rings is 2. The van der Waals surface area contributed by atoms with E-state index in [1.165, 1.54) is 10.6 Å². The number of hydrogen-bond donors (Lipinski definition) is 1. The van der Waals surface area contributed by atoms with E-state index in [0.717, 1.165) is 26.9 Å². The highest BCUT2D eigenvalue weighted by Crippen LogP contribution is 2.34. The maximum Gasteiger partial charge on any atom is 0.350 e. The Morgan fingerprint density at radius 3 is 2.55 bits per heavy atom. The fourth-order valence-electron chi connectivity index (χ4n) is 4.58. The average Bonchev–Trinajstić information content (AvgIpc) is 3.40. The second kappa shape index (κ2) is 10.5. The van der Waals surface area contributed by atoms with Gasteiger partial charge in [-0.05, 0) is 43.0 Å². The minimum absolute atomic E-state index is 0.0629. The molecule has 0 radical (unpaired) electrons. The van der Waals surface area contributed by atoms with Crippen LogP contribution in [0.4, 0.5) is 4.39 Å². The van der Waals surface area contributed by atoms with Crippen LogP contribution in [0.25, 0.3) is 27.8 Å². The molecule has 0 aliphatic carbocycles. The van der Waals surface area contributed by atoms with Crippen molar-refractivity contribution in [1.82, 2.24) is 29.5 Å². The predicted octanol–water partition coefficient (Wildman–Crippen LogP) is 5.93. The molecule has 0 saturated carbocycles. The SMILES string of the molecule is CCn1c(COCc2ccccc2)nn(-c2cc3c(C(C)C)cc(-c4c(Cl)n[nH]c4C)nc3cc2F)c1=O. The lowest BCUT2D eigenvalue weighted by molar-refractivity contribution is 0.0989. The van der Waals surface area contributed by atoms with Crippen molar-refractivity contribution in [3.05, 3.63) is 92.6 Å². The van der Waals surface area contributed by atoms with Gasteiger partial charge in [0, 0.05) is 23.7 Å². The molecule has 0 spiro atoms. The van der Waals surface area contributed by atoms with Crippen LogP contribution < -0.4 is 5.69 Å². The Bertz CT molecular complexity index is 1650. The van der Waals surface area contributed by atoms with Crippen LogP contribution in [-0.4, -0.2) is 29.5 Å². The normalized spacial score (nSPS) is 11.7. The first kappa shape index (κ1) is 25.8. The van der Waals surface area contributed by atoms with E-state index in [0.29, 0.717) is 40.9 Å². The van der Waals surface area contributed by atoms with Crippen LogP contribution in [0.3, 0.4) is 0 Å². The highest BCUT2D eigenvalue weighted by molar-refractivity contribution is 6.32. The van der Waals surface area contributed by atoms with Crippen molar-refractivity contribution in [1.29, 1.82) is 0 Å². The molecule has 0 unspecified atom stereocenters. The summed E-state index contributed by atoms with van der Waals surface area (Å²) in [6.45, 7) is 8.67. The molecule has 0 fully saturated rings. The molecule has 0 aliphatic rings. The first-order valence-corrected chi connectivity index (χ1v) is 12.8. The Morgan fingerprint density at radius 2 is 1.89 bits per heavy atom. The molecule has 0 saturated heterocycles. The molecule has 38 heavy (non-hydrogen) atoms. The van der Waals surface area contributed by atoms with E-state index in [1.54, 1.807) is 6.07 Å². The summed E-state index contributed by atoms with van der Waals surface area (Å²) in [7, 11) is 0. The number of ether oxygens (including phenoxy) is 1. The second-order valence-corrected chi connectivity index (χ2v) is 9.78. The van der Waals surface area contributed by atoms with Crippen LogP contribution in [0.15, 0.2) is 53.3 Å². The highest BCUT2D eigenvalue weighted by atomic mass is 35.5. The number of fused-ring (bicyclic) bond motifs is 1. The van der Waals surface area contributed by atoms with Crippen molar-refractivity contribution in [2.24, 2.45) is 0 Å². The van der Waals surface area contributed by atoms with Crippen molar-refractivity contribution >= 4 is 22.5 Å². The standard InChI is InChI=1S/C28H28ClFN6O2/c1-5-35-25(15-38-14-18-9-7-6-8-10-18)34-36(28(35)37)24-12-20-19(16(2)3)11-23(31-22(20)13-21(24)30)26-17(4)32-33-27(26)29/h6-13,16H,5,14-15H2,1-4H3,(H,32,33). The number of nitrogens with one attached hydrogen (secondary N) is 1. The van der Waals surface area contributed by atoms with E-state index in [9.17, 15) is 4.79 Å². The number of H-pyrrole nitrogens is 1. The van der Waals surface area contributed by atoms with E-state index in [-0.39, 0.29) is 18.2 Å². The number of aromatic amines is 1. The van der Waals surface area contributed by atoms with Crippen molar-refractivity contribution in [2.45, 2.75) is 53.4 Å². The number of aromatic nitrogens is 6. The summed E-state index contributed by atoms with van der Waals surface area (Å²) in [5.74, 6) is -0.0857. The number of aryl methyl sites for hydroxylation is 1. The van der Waals surface area contributed by atoms with Gasteiger partial charge in [0.2, 0.25) is 0 Å². The molecule has 5 aromatic rings. The van der Waals surface area contributed by atoms with Crippen molar-refractivity contribution in [2.75, 3.05) is 0 Å². The Kier molecular flexibility index (Phi) is 7.14. The zero-order valence-corrected chi connectivity index (χ0v) is 22.4. The number of hydrogen-bond acceptors (Lipinski definition) is 5. The van der Waals surface area contributed by atoms with E-state index in [4.69, 9.17) is 21.3 Å². The van der Waals surface area contributed by atoms with E-state index in [1.807, 2.05) is 64.1 Å². The Labute approximate surface area is 224 Å². The van der Waals surface area contributed by atoms with Gasteiger partial charge in [-0.2, -0.15) is 9.78 Å². The van der Waals surface area contributed by atoms with Gasteiger partial charge >= 0.3 is 5.69 Å². The third kappa shape index (κ3) is 4.75. The molecule has 0 atom stereocenters. The molecular weight excluding hydrogens is 507 g/mol. The van der Waals surface area contributed by atoms with E-state index >= 15 is 4.39 Å². The first-order chi connectivity index (χ1) is 18.3. The molecule has 196 valence electrons. The molecule has 0 amide bonds. The van der Waals surface area contributed by atoms with Crippen LogP contribution in [0.5, 0.6) is 0 Å². The summed E-state index contributed by atoms with van der Waals surface area (Å²) >= 11 is 6.30. The maximum atomic E-state index is 15.5. The van der Waals surface area contributed by atoms with Gasteiger partial charge in [-0.15, -0.1) is 5.10 Å². The van der Waals surface area contributed by atoms with E-state index < -0.39 is 11.5 Å². The second-order valence-electron chi connectivity index (χ2n) is 9.42. The topological polar surface area (TPSA) is 90.6 Å². The molecular formula is C28H28ClFN6O2. The summed E-state index contributed by atoms with van der Waals surface area (Å²) in [5, 5.41) is 12.4. The zero-order valence-electron chi connectivity index (χ0n) is 21.6. The van der Waals surface area contributed by atoms with Gasteiger partial charge in [0.05, 0.1) is 23.4 Å². The molecule has 3 heterocycles. The van der Waals surface area contributed by atoms with Crippen LogP contribution in [-0.2, 0) is 24.5 Å². The van der Waals surface area contributed by atoms with Crippen molar-refractivity contribution < 1.29 is 9.13 Å². The molecule has 2 aromatic carbocycles. The molecule has 5 rings (SSSR count). The zero-order chi connectivity index (χ0) is 27.0. The lowest BCUT2D eigenvalue weighted by atomic mass is 9.96. The average molecular weight is 535 g/mol. The summed E-state index contributed by atoms with van der Waals surface area (Å²) in [6, 6.07) is 14.7. The van der Waals surface area contributed by atoms with Crippen LogP contribution >= 0.6 is 11.6 Å². The summed E-state index contributed by atoms with van der Waals surface area (Å²) in [4.78, 5) is 17.9. The summed E-state index contributed by atoms with van der Waals surface area (Å²) in [6.07, 6.45) is 0. The number of halogens is 2. The lowest BCUT2D eigenvalue weighted by Gasteiger charge is -2.14. The molecule has 3 aromatic heterocycles. The first-order valence-electron chi connectivity index (χ1n) is 12.4. The fraction of sp³-hybridized carbons (Fsp3) is 0.286. The third-order valence-electron chi connectivity index (χ3n) is 6.52. The van der Waals surface area contributed by atoms with E-state index in [2.05, 4.69) is 15.3 Å². The van der Waals surface area contributed by atoms with Gasteiger partial charge in [0.25, 0.3) is 0 Å². The van der Waals surface area contributed by atoms with Gasteiger partial charge in [-0.25, -0.2) is 14.2 Å². The van der Waals surface area contributed by atoms with Crippen LogP contribution in [0.2, 0.25) is 5.15 Å². The van der Waals surface area contributed by atoms with Gasteiger partial charge in [0.1, 0.15) is 12.3 Å². The van der Waals surface area contributed by atoms with Crippen molar-refractivity contribution in [3.63, 3.8) is 0 Å². The number of nitrogens with zero attached hydrogens (tertiary/aromatic N) is 5. The smallest absolute Gasteiger partial charge is 0.350 e. The minimum atomic E-state index is -0.605. The summed E-state index contributed by atoms with van der Waals surface area (Å²) < 4.78 is 24.0. The van der Waals surface area contributed by atoms with Crippen molar-refractivity contribution in [3.8, 4) is 16.9 Å². The minimum Gasteiger partial charge on any atom is -0.369 e. The molecule has 1 N–H and O–H groups in total. The monoisotopic (exact) mass is 534 g/mol. The van der Waals surface area contributed by atoms with Crippen LogP contribution in [0, 0.1) is 12.7 Å². The van der Waals surface area contributed by atoms with Gasteiger partial charge in [-0.3, -0.25) is 9.67 Å². The largest absolute Gasteiger partial charge is 0.369 e. The lowest BCUT2D eigenvalue weighted by Crippen LogP contribution is -2.24. The Balaban J connectivity index is 1.57. The molecule has 0 aliphatic heterocycles. The quantitative estimate of drug-likeness (QED) is 0.266. The third-order valence-corrected chi connectivity index (χ3v) is 6.79. The van der Waals surface area contributed by atoms with Gasteiger partial charge < -0.3 is 4.74 Å². The molecule has 8 nitrogen and oxygen atoms in total. The van der Waals surface area contributed by atoms with Gasteiger partial charge in [0.15, 0.2) is 16.8 Å². The number of pyridine rings is 1. The van der Waals surface area contributed by atoms with Crippen LogP contribution in [0.1, 0.15) is 49.3 Å². The predicted molar refractivity (Wildman–Crippen MR) is 145 cm³/mol. The van der Waals surface area contributed by atoms with Gasteiger partial charge in [-0.1, -0.05) is 55.8 Å². The number of rotatable bonds is 8. The molecule has 0 bridgehead atoms.